The molecule has 7 rings (SSSR count). The summed E-state index contributed by atoms with van der Waals surface area (Å²) >= 11 is 7.47. The lowest BCUT2D eigenvalue weighted by atomic mass is 9.54. The van der Waals surface area contributed by atoms with Crippen LogP contribution in [0.4, 0.5) is 5.00 Å². The van der Waals surface area contributed by atoms with Crippen LogP contribution in [-0.2, 0) is 4.74 Å². The van der Waals surface area contributed by atoms with E-state index in [1.54, 1.807) is 11.3 Å². The second kappa shape index (κ2) is 10.1. The van der Waals surface area contributed by atoms with Crippen molar-refractivity contribution < 1.29 is 9.53 Å². The minimum Gasteiger partial charge on any atom is -0.462 e. The van der Waals surface area contributed by atoms with Crippen LogP contribution in [0.25, 0.3) is 11.1 Å². The fourth-order valence-electron chi connectivity index (χ4n) is 7.88. The van der Waals surface area contributed by atoms with Crippen LogP contribution in [0, 0.1) is 30.6 Å². The molecule has 0 radical (unpaired) electrons. The molecular weight excluding hydrogens is 486 g/mol. The molecule has 192 valence electrons. The zero-order chi connectivity index (χ0) is 24.8. The van der Waals surface area contributed by atoms with Crippen molar-refractivity contribution in [1.82, 2.24) is 9.80 Å². The lowest BCUT2D eigenvalue weighted by molar-refractivity contribution is -0.0726. The van der Waals surface area contributed by atoms with Crippen molar-refractivity contribution >= 4 is 39.6 Å². The van der Waals surface area contributed by atoms with Gasteiger partial charge in [0.2, 0.25) is 0 Å². The van der Waals surface area contributed by atoms with Crippen LogP contribution in [-0.4, -0.2) is 59.7 Å². The maximum Gasteiger partial charge on any atom is 0.341 e. The third-order valence-corrected chi connectivity index (χ3v) is 10.4. The Bertz CT molecular complexity index is 1100. The van der Waals surface area contributed by atoms with Crippen LogP contribution in [0.2, 0.25) is 0 Å². The second-order valence-electron chi connectivity index (χ2n) is 11.2. The largest absolute Gasteiger partial charge is 0.462 e. The Balaban J connectivity index is 1.15. The summed E-state index contributed by atoms with van der Waals surface area (Å²) in [5.74, 6) is 3.60. The highest BCUT2D eigenvalue weighted by atomic mass is 32.1. The molecule has 4 saturated carbocycles. The minimum absolute atomic E-state index is 0.294. The van der Waals surface area contributed by atoms with Crippen molar-refractivity contribution in [3.8, 4) is 11.1 Å². The highest BCUT2D eigenvalue weighted by Crippen LogP contribution is 2.55. The molecule has 2 heterocycles. The van der Waals surface area contributed by atoms with E-state index in [9.17, 15) is 4.79 Å². The molecular formula is C29H37N3O2S2. The Kier molecular flexibility index (Phi) is 6.82. The molecule has 0 amide bonds. The maximum absolute atomic E-state index is 13.1. The zero-order valence-corrected chi connectivity index (χ0v) is 23.0. The van der Waals surface area contributed by atoms with Gasteiger partial charge in [0.1, 0.15) is 10.6 Å². The molecule has 7 heteroatoms. The van der Waals surface area contributed by atoms with Gasteiger partial charge >= 0.3 is 5.97 Å². The van der Waals surface area contributed by atoms with Crippen molar-refractivity contribution in [1.29, 1.82) is 0 Å². The first-order valence-electron chi connectivity index (χ1n) is 13.7. The van der Waals surface area contributed by atoms with E-state index in [-0.39, 0.29) is 5.97 Å². The Hall–Kier alpha value is -1.96. The van der Waals surface area contributed by atoms with Crippen molar-refractivity contribution in [2.24, 2.45) is 23.7 Å². The van der Waals surface area contributed by atoms with E-state index < -0.39 is 0 Å². The summed E-state index contributed by atoms with van der Waals surface area (Å²) in [5.41, 5.74) is 2.56. The van der Waals surface area contributed by atoms with E-state index in [0.29, 0.717) is 17.3 Å². The molecule has 1 saturated heterocycles. The smallest absolute Gasteiger partial charge is 0.341 e. The minimum atomic E-state index is -0.294. The topological polar surface area (TPSA) is 44.8 Å². The van der Waals surface area contributed by atoms with Crippen molar-refractivity contribution in [2.45, 2.75) is 52.0 Å². The summed E-state index contributed by atoms with van der Waals surface area (Å²) in [6.45, 7) is 8.31. The summed E-state index contributed by atoms with van der Waals surface area (Å²) < 4.78 is 5.46. The van der Waals surface area contributed by atoms with Crippen LogP contribution < -0.4 is 5.32 Å². The standard InChI is InChI=1S/C29H37N3O2S2/c1-3-34-28(33)25-24(21-7-5-4-6-8-21)18(2)36-27(25)30-29(35)32-11-9-31(10-12-32)26-22-14-19-13-20(16-22)17-23(26)15-19/h4-8,19-20,22-23,26H,3,9-17H2,1-2H3,(H,30,35). The Labute approximate surface area is 224 Å². The number of ether oxygens (including phenoxy) is 1. The summed E-state index contributed by atoms with van der Waals surface area (Å²) in [6.07, 6.45) is 7.38. The molecule has 0 spiro atoms. The van der Waals surface area contributed by atoms with Crippen LogP contribution in [0.5, 0.6) is 0 Å². The number of thiophene rings is 1. The summed E-state index contributed by atoms with van der Waals surface area (Å²) in [4.78, 5) is 19.2. The van der Waals surface area contributed by atoms with Crippen LogP contribution in [0.3, 0.4) is 0 Å². The first kappa shape index (κ1) is 24.4. The molecule has 2 aromatic rings. The van der Waals surface area contributed by atoms with Crippen LogP contribution >= 0.6 is 23.6 Å². The molecule has 0 unspecified atom stereocenters. The lowest BCUT2D eigenvalue weighted by Gasteiger charge is -2.58. The van der Waals surface area contributed by atoms with Gasteiger partial charge in [-0.3, -0.25) is 4.90 Å². The number of hydrogen-bond acceptors (Lipinski definition) is 5. The number of esters is 1. The normalized spacial score (nSPS) is 29.4. The van der Waals surface area contributed by atoms with Gasteiger partial charge in [-0.05, 0) is 87.4 Å². The van der Waals surface area contributed by atoms with E-state index in [4.69, 9.17) is 17.0 Å². The highest BCUT2D eigenvalue weighted by molar-refractivity contribution is 7.80. The van der Waals surface area contributed by atoms with E-state index in [1.165, 1.54) is 32.1 Å². The van der Waals surface area contributed by atoms with Crippen molar-refractivity contribution in [3.63, 3.8) is 0 Å². The quantitative estimate of drug-likeness (QED) is 0.381. The van der Waals surface area contributed by atoms with Crippen LogP contribution in [0.15, 0.2) is 30.3 Å². The number of thiocarbonyl (C=S) groups is 1. The first-order chi connectivity index (χ1) is 17.5. The molecule has 5 fully saturated rings. The van der Waals surface area contributed by atoms with Gasteiger partial charge in [0.25, 0.3) is 0 Å². The Morgan fingerprint density at radius 2 is 1.67 bits per heavy atom. The number of piperazine rings is 1. The van der Waals surface area contributed by atoms with Gasteiger partial charge in [0.05, 0.1) is 6.61 Å². The third-order valence-electron chi connectivity index (χ3n) is 9.05. The monoisotopic (exact) mass is 523 g/mol. The average Bonchev–Trinajstić information content (AvgIpc) is 3.20. The molecule has 4 aliphatic carbocycles. The molecule has 36 heavy (non-hydrogen) atoms. The Morgan fingerprint density at radius 3 is 2.28 bits per heavy atom. The van der Waals surface area contributed by atoms with Gasteiger partial charge < -0.3 is 15.0 Å². The fraction of sp³-hybridized carbons (Fsp3) is 0.586. The number of nitrogens with one attached hydrogen (secondary N) is 1. The van der Waals surface area contributed by atoms with Crippen molar-refractivity contribution in [2.75, 3.05) is 38.1 Å². The van der Waals surface area contributed by atoms with Gasteiger partial charge in [-0.15, -0.1) is 11.3 Å². The van der Waals surface area contributed by atoms with Gasteiger partial charge in [-0.25, -0.2) is 4.79 Å². The highest BCUT2D eigenvalue weighted by Gasteiger charge is 2.50. The first-order valence-corrected chi connectivity index (χ1v) is 14.9. The molecule has 1 aromatic carbocycles. The van der Waals surface area contributed by atoms with Gasteiger partial charge in [0.15, 0.2) is 5.11 Å². The molecule has 1 aromatic heterocycles. The van der Waals surface area contributed by atoms with E-state index in [2.05, 4.69) is 22.0 Å². The van der Waals surface area contributed by atoms with E-state index in [1.807, 2.05) is 37.3 Å². The van der Waals surface area contributed by atoms with Gasteiger partial charge in [0, 0.05) is 42.7 Å². The molecule has 1 N–H and O–H groups in total. The van der Waals surface area contributed by atoms with E-state index >= 15 is 0 Å². The Morgan fingerprint density at radius 1 is 1.03 bits per heavy atom. The lowest BCUT2D eigenvalue weighted by Crippen LogP contribution is -2.60. The number of nitrogens with zero attached hydrogens (tertiary/aromatic N) is 2. The second-order valence-corrected chi connectivity index (χ2v) is 12.8. The molecule has 4 bridgehead atoms. The summed E-state index contributed by atoms with van der Waals surface area (Å²) in [7, 11) is 0. The zero-order valence-electron chi connectivity index (χ0n) is 21.4. The molecule has 5 nitrogen and oxygen atoms in total. The SMILES string of the molecule is CCOC(=O)c1c(NC(=S)N2CCN(C3C4CC5CC(C4)CC3C5)CC2)sc(C)c1-c1ccccc1. The summed E-state index contributed by atoms with van der Waals surface area (Å²) in [5, 5.41) is 4.96. The fourth-order valence-corrected chi connectivity index (χ4v) is 9.29. The number of benzene rings is 1. The predicted molar refractivity (Wildman–Crippen MR) is 151 cm³/mol. The molecule has 5 aliphatic rings. The molecule has 1 aliphatic heterocycles. The number of hydrogen-bond donors (Lipinski definition) is 1. The van der Waals surface area contributed by atoms with Crippen LogP contribution in [0.1, 0.15) is 54.3 Å². The maximum atomic E-state index is 13.1. The predicted octanol–water partition coefficient (Wildman–Crippen LogP) is 6.04. The number of aryl methyl sites for hydroxylation is 1. The average molecular weight is 524 g/mol. The number of rotatable bonds is 5. The number of anilines is 1. The summed E-state index contributed by atoms with van der Waals surface area (Å²) in [6, 6.07) is 10.9. The van der Waals surface area contributed by atoms with Gasteiger partial charge in [-0.1, -0.05) is 30.3 Å². The van der Waals surface area contributed by atoms with Crippen molar-refractivity contribution in [3.05, 3.63) is 40.8 Å². The third kappa shape index (κ3) is 4.48. The number of carbonyl (C=O) groups is 1. The van der Waals surface area contributed by atoms with Gasteiger partial charge in [-0.2, -0.15) is 0 Å². The molecule has 0 atom stereocenters. The van der Waals surface area contributed by atoms with E-state index in [0.717, 1.165) is 76.9 Å². The number of carbonyl (C=O) groups excluding carboxylic acids is 1.